The van der Waals surface area contributed by atoms with Crippen molar-refractivity contribution in [3.05, 3.63) is 53.9 Å². The largest absolute Gasteiger partial charge is 0.493 e. The minimum absolute atomic E-state index is 0.0687. The van der Waals surface area contributed by atoms with Gasteiger partial charge < -0.3 is 14.2 Å². The third kappa shape index (κ3) is 2.42. The second-order valence-corrected chi connectivity index (χ2v) is 6.46. The molecule has 2 aromatic rings. The number of para-hydroxylation sites is 1. The third-order valence-corrected chi connectivity index (χ3v) is 5.12. The van der Waals surface area contributed by atoms with Gasteiger partial charge in [-0.15, -0.1) is 0 Å². The minimum Gasteiger partial charge on any atom is -0.493 e. The molecule has 0 aliphatic carbocycles. The van der Waals surface area contributed by atoms with Gasteiger partial charge in [0, 0.05) is 31.0 Å². The van der Waals surface area contributed by atoms with Crippen LogP contribution in [0.3, 0.4) is 0 Å². The molecule has 3 heterocycles. The topological polar surface area (TPSA) is 34.5 Å². The number of ether oxygens (including phenoxy) is 1. The van der Waals surface area contributed by atoms with Crippen molar-refractivity contribution in [1.29, 1.82) is 0 Å². The second-order valence-electron chi connectivity index (χ2n) is 6.46. The number of amides is 1. The Hall–Kier alpha value is -2.23. The summed E-state index contributed by atoms with van der Waals surface area (Å²) in [6, 6.07) is 12.4. The SMILES string of the molecule is Cn1cccc1C1CCCN1C(=O)C1CCOc2ccccc21. The molecule has 0 N–H and O–H groups in total. The van der Waals surface area contributed by atoms with Gasteiger partial charge in [0.2, 0.25) is 5.91 Å². The smallest absolute Gasteiger partial charge is 0.230 e. The Kier molecular flexibility index (Phi) is 3.60. The van der Waals surface area contributed by atoms with Crippen LogP contribution in [-0.4, -0.2) is 28.5 Å². The van der Waals surface area contributed by atoms with Crippen LogP contribution >= 0.6 is 0 Å². The van der Waals surface area contributed by atoms with Crippen molar-refractivity contribution >= 4 is 5.91 Å². The van der Waals surface area contributed by atoms with Gasteiger partial charge in [0.25, 0.3) is 0 Å². The van der Waals surface area contributed by atoms with Gasteiger partial charge in [0.15, 0.2) is 0 Å². The molecule has 2 atom stereocenters. The lowest BCUT2D eigenvalue weighted by Gasteiger charge is -2.32. The van der Waals surface area contributed by atoms with Gasteiger partial charge >= 0.3 is 0 Å². The van der Waals surface area contributed by atoms with Crippen molar-refractivity contribution in [1.82, 2.24) is 9.47 Å². The molecule has 1 amide bonds. The molecular formula is C19H22N2O2. The van der Waals surface area contributed by atoms with Crippen LogP contribution in [0.15, 0.2) is 42.6 Å². The van der Waals surface area contributed by atoms with E-state index in [-0.39, 0.29) is 17.9 Å². The van der Waals surface area contributed by atoms with Crippen LogP contribution < -0.4 is 4.74 Å². The first kappa shape index (κ1) is 14.4. The third-order valence-electron chi connectivity index (χ3n) is 5.12. The standard InChI is InChI=1S/C19H22N2O2/c1-20-11-4-7-16(20)17-8-5-12-21(17)19(22)15-10-13-23-18-9-3-2-6-14(15)18/h2-4,6-7,9,11,15,17H,5,8,10,12-13H2,1H3. The quantitative estimate of drug-likeness (QED) is 0.853. The Bertz CT molecular complexity index is 722. The zero-order chi connectivity index (χ0) is 15.8. The molecule has 0 bridgehead atoms. The lowest BCUT2D eigenvalue weighted by atomic mass is 9.91. The van der Waals surface area contributed by atoms with E-state index in [0.717, 1.165) is 37.1 Å². The van der Waals surface area contributed by atoms with E-state index in [1.165, 1.54) is 5.69 Å². The highest BCUT2D eigenvalue weighted by molar-refractivity contribution is 5.85. The molecule has 2 unspecified atom stereocenters. The zero-order valence-corrected chi connectivity index (χ0v) is 13.4. The number of nitrogens with zero attached hydrogens (tertiary/aromatic N) is 2. The van der Waals surface area contributed by atoms with E-state index in [2.05, 4.69) is 34.8 Å². The maximum atomic E-state index is 13.2. The monoisotopic (exact) mass is 310 g/mol. The summed E-state index contributed by atoms with van der Waals surface area (Å²) in [6.45, 7) is 1.48. The van der Waals surface area contributed by atoms with Gasteiger partial charge in [-0.1, -0.05) is 18.2 Å². The van der Waals surface area contributed by atoms with Crippen molar-refractivity contribution in [2.75, 3.05) is 13.2 Å². The van der Waals surface area contributed by atoms with Crippen LogP contribution in [0.5, 0.6) is 5.75 Å². The molecule has 1 aromatic heterocycles. The predicted molar refractivity (Wildman–Crippen MR) is 88.4 cm³/mol. The Balaban J connectivity index is 1.63. The first-order chi connectivity index (χ1) is 11.3. The van der Waals surface area contributed by atoms with E-state index < -0.39 is 0 Å². The Morgan fingerprint density at radius 3 is 2.87 bits per heavy atom. The molecule has 4 nitrogen and oxygen atoms in total. The lowest BCUT2D eigenvalue weighted by molar-refractivity contribution is -0.134. The number of hydrogen-bond donors (Lipinski definition) is 0. The van der Waals surface area contributed by atoms with E-state index in [0.29, 0.717) is 6.61 Å². The number of carbonyl (C=O) groups excluding carboxylic acids is 1. The van der Waals surface area contributed by atoms with Gasteiger partial charge in [-0.3, -0.25) is 4.79 Å². The van der Waals surface area contributed by atoms with Crippen LogP contribution in [-0.2, 0) is 11.8 Å². The van der Waals surface area contributed by atoms with Crippen LogP contribution in [0.4, 0.5) is 0 Å². The molecule has 0 saturated carbocycles. The lowest BCUT2D eigenvalue weighted by Crippen LogP contribution is -2.37. The molecule has 23 heavy (non-hydrogen) atoms. The zero-order valence-electron chi connectivity index (χ0n) is 13.4. The molecule has 120 valence electrons. The van der Waals surface area contributed by atoms with Gasteiger partial charge in [-0.25, -0.2) is 0 Å². The normalized spacial score (nSPS) is 23.4. The maximum Gasteiger partial charge on any atom is 0.230 e. The van der Waals surface area contributed by atoms with Crippen LogP contribution in [0, 0.1) is 0 Å². The van der Waals surface area contributed by atoms with E-state index >= 15 is 0 Å². The Morgan fingerprint density at radius 1 is 1.17 bits per heavy atom. The summed E-state index contributed by atoms with van der Waals surface area (Å²) in [4.78, 5) is 15.3. The summed E-state index contributed by atoms with van der Waals surface area (Å²) in [5.41, 5.74) is 2.28. The maximum absolute atomic E-state index is 13.2. The van der Waals surface area contributed by atoms with Crippen molar-refractivity contribution in [2.24, 2.45) is 7.05 Å². The molecule has 0 radical (unpaired) electrons. The van der Waals surface area contributed by atoms with Gasteiger partial charge in [0.05, 0.1) is 18.6 Å². The highest BCUT2D eigenvalue weighted by Crippen LogP contribution is 2.39. The van der Waals surface area contributed by atoms with Crippen molar-refractivity contribution in [2.45, 2.75) is 31.2 Å². The number of aromatic nitrogens is 1. The van der Waals surface area contributed by atoms with Crippen LogP contribution in [0.2, 0.25) is 0 Å². The Labute approximate surface area is 136 Å². The number of hydrogen-bond acceptors (Lipinski definition) is 2. The molecule has 4 rings (SSSR count). The molecule has 1 aromatic carbocycles. The molecule has 2 aliphatic rings. The summed E-state index contributed by atoms with van der Waals surface area (Å²) >= 11 is 0. The van der Waals surface area contributed by atoms with E-state index in [9.17, 15) is 4.79 Å². The number of carbonyl (C=O) groups is 1. The first-order valence-electron chi connectivity index (χ1n) is 8.39. The van der Waals surface area contributed by atoms with Gasteiger partial charge in [-0.05, 0) is 37.5 Å². The number of fused-ring (bicyclic) bond motifs is 1. The number of rotatable bonds is 2. The average molecular weight is 310 g/mol. The summed E-state index contributed by atoms with van der Waals surface area (Å²) in [5, 5.41) is 0. The second kappa shape index (κ2) is 5.76. The van der Waals surface area contributed by atoms with Crippen molar-refractivity contribution < 1.29 is 9.53 Å². The first-order valence-corrected chi connectivity index (χ1v) is 8.39. The fourth-order valence-corrected chi connectivity index (χ4v) is 3.96. The summed E-state index contributed by atoms with van der Waals surface area (Å²) in [7, 11) is 2.06. The molecule has 2 aliphatic heterocycles. The number of benzene rings is 1. The van der Waals surface area contributed by atoms with Gasteiger partial charge in [0.1, 0.15) is 5.75 Å². The van der Waals surface area contributed by atoms with Crippen molar-refractivity contribution in [3.8, 4) is 5.75 Å². The molecular weight excluding hydrogens is 288 g/mol. The van der Waals surface area contributed by atoms with E-state index in [1.54, 1.807) is 0 Å². The molecule has 1 fully saturated rings. The number of likely N-dealkylation sites (tertiary alicyclic amines) is 1. The average Bonchev–Trinajstić information content (AvgIpc) is 3.22. The summed E-state index contributed by atoms with van der Waals surface area (Å²) in [5.74, 6) is 1.05. The highest BCUT2D eigenvalue weighted by Gasteiger charge is 2.37. The molecule has 1 saturated heterocycles. The highest BCUT2D eigenvalue weighted by atomic mass is 16.5. The summed E-state index contributed by atoms with van der Waals surface area (Å²) < 4.78 is 7.84. The fraction of sp³-hybridized carbons (Fsp3) is 0.421. The van der Waals surface area contributed by atoms with Crippen molar-refractivity contribution in [3.63, 3.8) is 0 Å². The van der Waals surface area contributed by atoms with E-state index in [4.69, 9.17) is 4.74 Å². The summed E-state index contributed by atoms with van der Waals surface area (Å²) in [6.07, 6.45) is 4.95. The molecule has 4 heteroatoms. The number of aryl methyl sites for hydroxylation is 1. The Morgan fingerprint density at radius 2 is 2.04 bits per heavy atom. The fourth-order valence-electron chi connectivity index (χ4n) is 3.96. The van der Waals surface area contributed by atoms with E-state index in [1.807, 2.05) is 24.3 Å². The predicted octanol–water partition coefficient (Wildman–Crippen LogP) is 3.25. The van der Waals surface area contributed by atoms with Crippen LogP contribution in [0.25, 0.3) is 0 Å². The van der Waals surface area contributed by atoms with Crippen LogP contribution in [0.1, 0.15) is 42.5 Å². The minimum atomic E-state index is -0.0687. The van der Waals surface area contributed by atoms with Gasteiger partial charge in [-0.2, -0.15) is 0 Å². The molecule has 0 spiro atoms.